The van der Waals surface area contributed by atoms with Crippen molar-refractivity contribution in [3.05, 3.63) is 17.5 Å². The molecule has 2 N–H and O–H groups in total. The summed E-state index contributed by atoms with van der Waals surface area (Å²) in [5.41, 5.74) is 2.88. The monoisotopic (exact) mass is 207 g/mol. The van der Waals surface area contributed by atoms with Crippen molar-refractivity contribution in [2.75, 3.05) is 13.1 Å². The van der Waals surface area contributed by atoms with Crippen molar-refractivity contribution in [2.45, 2.75) is 39.0 Å². The van der Waals surface area contributed by atoms with E-state index < -0.39 is 0 Å². The second-order valence-corrected chi connectivity index (χ2v) is 5.58. The van der Waals surface area contributed by atoms with Crippen LogP contribution in [0.1, 0.15) is 38.4 Å². The van der Waals surface area contributed by atoms with Crippen molar-refractivity contribution in [1.82, 2.24) is 15.5 Å². The Morgan fingerprint density at radius 1 is 1.47 bits per heavy atom. The van der Waals surface area contributed by atoms with Crippen LogP contribution >= 0.6 is 0 Å². The Kier molecular flexibility index (Phi) is 2.83. The number of nitrogens with one attached hydrogen (secondary N) is 2. The van der Waals surface area contributed by atoms with Crippen LogP contribution in [0, 0.1) is 5.92 Å². The third-order valence-corrected chi connectivity index (χ3v) is 3.14. The average molecular weight is 207 g/mol. The maximum atomic E-state index is 4.19. The topological polar surface area (TPSA) is 40.7 Å². The third kappa shape index (κ3) is 2.40. The van der Waals surface area contributed by atoms with Crippen LogP contribution in [0.4, 0.5) is 0 Å². The highest BCUT2D eigenvalue weighted by atomic mass is 15.1. The summed E-state index contributed by atoms with van der Waals surface area (Å²) >= 11 is 0. The van der Waals surface area contributed by atoms with Crippen LogP contribution in [0.5, 0.6) is 0 Å². The SMILES string of the molecule is CC(C)(C)c1[nH]ncc1CC1CCNC1. The highest BCUT2D eigenvalue weighted by molar-refractivity contribution is 5.24. The molecule has 1 atom stereocenters. The molecule has 0 aliphatic carbocycles. The molecule has 2 rings (SSSR count). The zero-order valence-corrected chi connectivity index (χ0v) is 9.93. The molecule has 1 unspecified atom stereocenters. The molecule has 0 saturated carbocycles. The minimum absolute atomic E-state index is 0.178. The second kappa shape index (κ2) is 3.97. The van der Waals surface area contributed by atoms with Crippen LogP contribution in [0.2, 0.25) is 0 Å². The van der Waals surface area contributed by atoms with Crippen LogP contribution in [0.3, 0.4) is 0 Å². The average Bonchev–Trinajstić information content (AvgIpc) is 2.73. The van der Waals surface area contributed by atoms with Gasteiger partial charge >= 0.3 is 0 Å². The molecule has 1 aliphatic rings. The maximum Gasteiger partial charge on any atom is 0.0522 e. The van der Waals surface area contributed by atoms with Gasteiger partial charge in [-0.05, 0) is 37.4 Å². The van der Waals surface area contributed by atoms with E-state index in [1.807, 2.05) is 6.20 Å². The molecule has 15 heavy (non-hydrogen) atoms. The molecule has 1 saturated heterocycles. The fraction of sp³-hybridized carbons (Fsp3) is 0.750. The van der Waals surface area contributed by atoms with Crippen molar-refractivity contribution in [2.24, 2.45) is 5.92 Å². The van der Waals surface area contributed by atoms with Crippen molar-refractivity contribution in [3.8, 4) is 0 Å². The molecule has 1 aromatic heterocycles. The summed E-state index contributed by atoms with van der Waals surface area (Å²) < 4.78 is 0. The van der Waals surface area contributed by atoms with E-state index in [1.165, 1.54) is 24.2 Å². The molecule has 84 valence electrons. The fourth-order valence-electron chi connectivity index (χ4n) is 2.31. The maximum absolute atomic E-state index is 4.19. The van der Waals surface area contributed by atoms with Crippen LogP contribution in [-0.4, -0.2) is 23.3 Å². The molecule has 1 aromatic rings. The molecule has 1 fully saturated rings. The molecule has 3 heteroatoms. The smallest absolute Gasteiger partial charge is 0.0522 e. The molecule has 1 aliphatic heterocycles. The number of rotatable bonds is 2. The number of hydrogen-bond donors (Lipinski definition) is 2. The Labute approximate surface area is 91.7 Å². The zero-order chi connectivity index (χ0) is 10.9. The lowest BCUT2D eigenvalue weighted by atomic mass is 9.86. The number of H-pyrrole nitrogens is 1. The van der Waals surface area contributed by atoms with E-state index >= 15 is 0 Å². The first-order valence-corrected chi connectivity index (χ1v) is 5.81. The van der Waals surface area contributed by atoms with Crippen molar-refractivity contribution in [3.63, 3.8) is 0 Å². The molecule has 0 aromatic carbocycles. The summed E-state index contributed by atoms with van der Waals surface area (Å²) in [5.74, 6) is 0.795. The first kappa shape index (κ1) is 10.7. The van der Waals surface area contributed by atoms with Gasteiger partial charge in [-0.1, -0.05) is 20.8 Å². The van der Waals surface area contributed by atoms with Gasteiger partial charge in [0.2, 0.25) is 0 Å². The molecule has 2 heterocycles. The normalized spacial score (nSPS) is 22.2. The first-order chi connectivity index (χ1) is 7.07. The summed E-state index contributed by atoms with van der Waals surface area (Å²) in [6.45, 7) is 9.03. The zero-order valence-electron chi connectivity index (χ0n) is 9.93. The largest absolute Gasteiger partial charge is 0.316 e. The molecule has 0 spiro atoms. The van der Waals surface area contributed by atoms with E-state index in [1.54, 1.807) is 0 Å². The molecular weight excluding hydrogens is 186 g/mol. The Morgan fingerprint density at radius 2 is 2.27 bits per heavy atom. The first-order valence-electron chi connectivity index (χ1n) is 5.81. The van der Waals surface area contributed by atoms with Gasteiger partial charge in [-0.2, -0.15) is 5.10 Å². The molecule has 0 amide bonds. The number of nitrogens with zero attached hydrogens (tertiary/aromatic N) is 1. The van der Waals surface area contributed by atoms with Gasteiger partial charge in [0.15, 0.2) is 0 Å². The predicted octanol–water partition coefficient (Wildman–Crippen LogP) is 1.86. The van der Waals surface area contributed by atoms with E-state index in [4.69, 9.17) is 0 Å². The van der Waals surface area contributed by atoms with Gasteiger partial charge < -0.3 is 5.32 Å². The lowest BCUT2D eigenvalue weighted by Crippen LogP contribution is -2.17. The summed E-state index contributed by atoms with van der Waals surface area (Å²) in [6.07, 6.45) is 4.46. The van der Waals surface area contributed by atoms with Crippen LogP contribution in [-0.2, 0) is 11.8 Å². The quantitative estimate of drug-likeness (QED) is 0.777. The van der Waals surface area contributed by atoms with Gasteiger partial charge in [0, 0.05) is 11.1 Å². The van der Waals surface area contributed by atoms with Gasteiger partial charge in [0.05, 0.1) is 6.20 Å². The van der Waals surface area contributed by atoms with Crippen LogP contribution in [0.25, 0.3) is 0 Å². The summed E-state index contributed by atoms with van der Waals surface area (Å²) in [6, 6.07) is 0. The predicted molar refractivity (Wildman–Crippen MR) is 62.0 cm³/mol. The van der Waals surface area contributed by atoms with Crippen molar-refractivity contribution < 1.29 is 0 Å². The Balaban J connectivity index is 2.11. The third-order valence-electron chi connectivity index (χ3n) is 3.14. The van der Waals surface area contributed by atoms with E-state index in [-0.39, 0.29) is 5.41 Å². The van der Waals surface area contributed by atoms with Gasteiger partial charge in [0.25, 0.3) is 0 Å². The Morgan fingerprint density at radius 3 is 2.87 bits per heavy atom. The summed E-state index contributed by atoms with van der Waals surface area (Å²) in [5, 5.41) is 10.7. The minimum Gasteiger partial charge on any atom is -0.316 e. The molecule has 3 nitrogen and oxygen atoms in total. The Bertz CT molecular complexity index is 316. The summed E-state index contributed by atoms with van der Waals surface area (Å²) in [7, 11) is 0. The molecule has 0 bridgehead atoms. The van der Waals surface area contributed by atoms with Gasteiger partial charge in [0.1, 0.15) is 0 Å². The standard InChI is InChI=1S/C12H21N3/c1-12(2,3)11-10(8-14-15-11)6-9-4-5-13-7-9/h8-9,13H,4-7H2,1-3H3,(H,14,15). The lowest BCUT2D eigenvalue weighted by Gasteiger charge is -2.19. The number of aromatic nitrogens is 2. The number of aromatic amines is 1. The highest BCUT2D eigenvalue weighted by Gasteiger charge is 2.23. The molecule has 0 radical (unpaired) electrons. The number of hydrogen-bond acceptors (Lipinski definition) is 2. The molecular formula is C12H21N3. The van der Waals surface area contributed by atoms with Crippen molar-refractivity contribution in [1.29, 1.82) is 0 Å². The van der Waals surface area contributed by atoms with Gasteiger partial charge in [-0.25, -0.2) is 0 Å². The van der Waals surface area contributed by atoms with E-state index in [9.17, 15) is 0 Å². The van der Waals surface area contributed by atoms with E-state index in [0.717, 1.165) is 18.9 Å². The van der Waals surface area contributed by atoms with E-state index in [2.05, 4.69) is 36.3 Å². The second-order valence-electron chi connectivity index (χ2n) is 5.58. The Hall–Kier alpha value is -0.830. The lowest BCUT2D eigenvalue weighted by molar-refractivity contribution is 0.536. The van der Waals surface area contributed by atoms with Gasteiger partial charge in [-0.3, -0.25) is 5.10 Å². The van der Waals surface area contributed by atoms with Crippen molar-refractivity contribution >= 4 is 0 Å². The van der Waals surface area contributed by atoms with Crippen LogP contribution in [0.15, 0.2) is 6.20 Å². The highest BCUT2D eigenvalue weighted by Crippen LogP contribution is 2.26. The summed E-state index contributed by atoms with van der Waals surface area (Å²) in [4.78, 5) is 0. The van der Waals surface area contributed by atoms with Crippen LogP contribution < -0.4 is 5.32 Å². The fourth-order valence-corrected chi connectivity index (χ4v) is 2.31. The van der Waals surface area contributed by atoms with E-state index in [0.29, 0.717) is 0 Å². The minimum atomic E-state index is 0.178. The van der Waals surface area contributed by atoms with Gasteiger partial charge in [-0.15, -0.1) is 0 Å².